The predicted molar refractivity (Wildman–Crippen MR) is 199 cm³/mol. The summed E-state index contributed by atoms with van der Waals surface area (Å²) in [6.07, 6.45) is 1.32. The van der Waals surface area contributed by atoms with Gasteiger partial charge in [0.15, 0.2) is 5.54 Å². The quantitative estimate of drug-likeness (QED) is 0.132. The Balaban J connectivity index is 1.24. The van der Waals surface area contributed by atoms with Gasteiger partial charge in [-0.1, -0.05) is 153 Å². The molecule has 7 aromatic rings. The lowest BCUT2D eigenvalue weighted by Gasteiger charge is -2.34. The van der Waals surface area contributed by atoms with Gasteiger partial charge in [-0.05, 0) is 51.4 Å². The first-order valence-corrected chi connectivity index (χ1v) is 17.1. The summed E-state index contributed by atoms with van der Waals surface area (Å²) in [5, 5.41) is 14.6. The molecule has 0 fully saturated rings. The fraction of sp³-hybridized carbons (Fsp3) is 0.140. The van der Waals surface area contributed by atoms with E-state index in [-0.39, 0.29) is 6.61 Å². The Hall–Kier alpha value is -6.41. The van der Waals surface area contributed by atoms with Crippen molar-refractivity contribution in [3.63, 3.8) is 0 Å². The number of nitrogens with zero attached hydrogens (tertiary/aromatic N) is 5. The van der Waals surface area contributed by atoms with Crippen molar-refractivity contribution >= 4 is 5.91 Å². The number of nitrogens with two attached hydrogens (primary N) is 1. The Morgan fingerprint density at radius 2 is 1.25 bits per heavy atom. The van der Waals surface area contributed by atoms with E-state index in [4.69, 9.17) is 20.8 Å². The van der Waals surface area contributed by atoms with E-state index in [1.165, 1.54) is 0 Å². The van der Waals surface area contributed by atoms with Crippen LogP contribution in [0.5, 0.6) is 5.75 Å². The van der Waals surface area contributed by atoms with Crippen molar-refractivity contribution in [3.8, 4) is 28.3 Å². The highest BCUT2D eigenvalue weighted by molar-refractivity contribution is 5.96. The number of hydrogen-bond acceptors (Lipinski definition) is 6. The summed E-state index contributed by atoms with van der Waals surface area (Å²) in [6, 6.07) is 49.0. The van der Waals surface area contributed by atoms with Gasteiger partial charge in [0, 0.05) is 17.3 Å². The van der Waals surface area contributed by atoms with Gasteiger partial charge in [-0.2, -0.15) is 0 Å². The van der Waals surface area contributed by atoms with Crippen LogP contribution in [-0.2, 0) is 25.0 Å². The summed E-state index contributed by atoms with van der Waals surface area (Å²) in [4.78, 5) is 18.7. The first kappa shape index (κ1) is 33.1. The molecule has 2 N–H and O–H groups in total. The van der Waals surface area contributed by atoms with E-state index < -0.39 is 11.4 Å². The van der Waals surface area contributed by atoms with Crippen LogP contribution in [0, 0.1) is 0 Å². The molecule has 8 nitrogen and oxygen atoms in total. The number of aryl methyl sites for hydroxylation is 2. The molecular formula is C43H38N6O2. The normalized spacial score (nSPS) is 11.3. The largest absolute Gasteiger partial charge is 0.488 e. The van der Waals surface area contributed by atoms with Crippen molar-refractivity contribution in [2.75, 3.05) is 0 Å². The highest BCUT2D eigenvalue weighted by Gasteiger charge is 2.41. The van der Waals surface area contributed by atoms with E-state index in [1.54, 1.807) is 4.80 Å². The van der Waals surface area contributed by atoms with Gasteiger partial charge < -0.3 is 10.5 Å². The SMILES string of the molecule is CCc1cc(OCc2ccc(-c3ccccc3-c3nnn(C(c4ccccc4)(c4ccccc4)c4ccccc4)n3)cc2)c(C(N)=O)c(CC)n1. The maximum Gasteiger partial charge on any atom is 0.254 e. The molecule has 0 aliphatic heterocycles. The molecule has 2 aromatic heterocycles. The Morgan fingerprint density at radius 1 is 0.706 bits per heavy atom. The van der Waals surface area contributed by atoms with Gasteiger partial charge in [-0.15, -0.1) is 15.0 Å². The summed E-state index contributed by atoms with van der Waals surface area (Å²) in [5.74, 6) is 0.440. The lowest BCUT2D eigenvalue weighted by atomic mass is 9.77. The fourth-order valence-corrected chi connectivity index (χ4v) is 6.66. The van der Waals surface area contributed by atoms with Crippen LogP contribution >= 0.6 is 0 Å². The summed E-state index contributed by atoms with van der Waals surface area (Å²) in [6.45, 7) is 4.25. The molecule has 0 radical (unpaired) electrons. The summed E-state index contributed by atoms with van der Waals surface area (Å²) < 4.78 is 6.18. The monoisotopic (exact) mass is 670 g/mol. The molecule has 7 rings (SSSR count). The minimum atomic E-state index is -0.870. The maximum absolute atomic E-state index is 12.3. The average Bonchev–Trinajstić information content (AvgIpc) is 3.69. The van der Waals surface area contributed by atoms with Gasteiger partial charge in [-0.3, -0.25) is 9.78 Å². The van der Waals surface area contributed by atoms with Crippen LogP contribution in [0.15, 0.2) is 146 Å². The third kappa shape index (κ3) is 6.39. The Labute approximate surface area is 297 Å². The number of ether oxygens (including phenoxy) is 1. The molecule has 5 aromatic carbocycles. The van der Waals surface area contributed by atoms with Crippen LogP contribution in [-0.4, -0.2) is 31.1 Å². The number of rotatable bonds is 12. The second kappa shape index (κ2) is 14.6. The van der Waals surface area contributed by atoms with E-state index in [1.807, 2.05) is 105 Å². The van der Waals surface area contributed by atoms with E-state index in [0.717, 1.165) is 51.1 Å². The number of hydrogen-bond donors (Lipinski definition) is 1. The molecule has 0 saturated carbocycles. The van der Waals surface area contributed by atoms with Crippen LogP contribution in [0.25, 0.3) is 22.5 Å². The topological polar surface area (TPSA) is 109 Å². The molecule has 0 bridgehead atoms. The zero-order chi connectivity index (χ0) is 35.2. The van der Waals surface area contributed by atoms with Crippen molar-refractivity contribution in [1.82, 2.24) is 25.2 Å². The van der Waals surface area contributed by atoms with Crippen molar-refractivity contribution in [3.05, 3.63) is 185 Å². The van der Waals surface area contributed by atoms with E-state index >= 15 is 0 Å². The van der Waals surface area contributed by atoms with Gasteiger partial charge in [0.1, 0.15) is 17.9 Å². The Kier molecular flexibility index (Phi) is 9.48. The van der Waals surface area contributed by atoms with E-state index in [9.17, 15) is 4.79 Å². The second-order valence-corrected chi connectivity index (χ2v) is 12.2. The smallest absolute Gasteiger partial charge is 0.254 e. The van der Waals surface area contributed by atoms with Crippen molar-refractivity contribution in [1.29, 1.82) is 0 Å². The van der Waals surface area contributed by atoms with Crippen LogP contribution in [0.3, 0.4) is 0 Å². The average molecular weight is 671 g/mol. The zero-order valence-electron chi connectivity index (χ0n) is 28.6. The molecule has 0 spiro atoms. The lowest BCUT2D eigenvalue weighted by Crippen LogP contribution is -2.39. The van der Waals surface area contributed by atoms with Gasteiger partial charge in [0.25, 0.3) is 5.91 Å². The second-order valence-electron chi connectivity index (χ2n) is 12.2. The minimum Gasteiger partial charge on any atom is -0.488 e. The van der Waals surface area contributed by atoms with Gasteiger partial charge in [0.2, 0.25) is 5.82 Å². The summed E-state index contributed by atoms with van der Waals surface area (Å²) in [5.41, 5.74) is 13.5. The number of tetrazole rings is 1. The lowest BCUT2D eigenvalue weighted by molar-refractivity contribution is 0.0994. The highest BCUT2D eigenvalue weighted by atomic mass is 16.5. The first-order chi connectivity index (χ1) is 25.0. The number of carbonyl (C=O) groups excluding carboxylic acids is 1. The summed E-state index contributed by atoms with van der Waals surface area (Å²) in [7, 11) is 0. The van der Waals surface area contributed by atoms with Crippen LogP contribution in [0.4, 0.5) is 0 Å². The highest BCUT2D eigenvalue weighted by Crippen LogP contribution is 2.40. The van der Waals surface area contributed by atoms with Crippen LogP contribution in [0.2, 0.25) is 0 Å². The number of benzene rings is 5. The molecule has 1 amide bonds. The molecule has 252 valence electrons. The van der Waals surface area contributed by atoms with Gasteiger partial charge >= 0.3 is 0 Å². The number of aromatic nitrogens is 5. The van der Waals surface area contributed by atoms with Crippen LogP contribution < -0.4 is 10.5 Å². The maximum atomic E-state index is 12.3. The standard InChI is InChI=1S/C43H38N6O2/c1-3-35-28-39(40(41(44)50)38(4-2)45-35)51-29-30-24-26-31(27-25-30)36-22-14-15-23-37(36)42-46-48-49(47-42)43(32-16-8-5-9-17-32,33-18-10-6-11-19-33)34-20-12-7-13-21-34/h5-28H,3-4,29H2,1-2H3,(H2,44,50). The third-order valence-corrected chi connectivity index (χ3v) is 9.17. The van der Waals surface area contributed by atoms with E-state index in [0.29, 0.717) is 29.3 Å². The molecule has 2 heterocycles. The van der Waals surface area contributed by atoms with Crippen molar-refractivity contribution in [2.24, 2.45) is 5.73 Å². The molecule has 0 unspecified atom stereocenters. The van der Waals surface area contributed by atoms with Gasteiger partial charge in [-0.25, -0.2) is 0 Å². The Morgan fingerprint density at radius 3 is 1.78 bits per heavy atom. The van der Waals surface area contributed by atoms with Crippen molar-refractivity contribution < 1.29 is 9.53 Å². The first-order valence-electron chi connectivity index (χ1n) is 17.1. The van der Waals surface area contributed by atoms with Crippen molar-refractivity contribution in [2.45, 2.75) is 38.8 Å². The number of pyridine rings is 1. The van der Waals surface area contributed by atoms with Crippen LogP contribution in [0.1, 0.15) is 57.8 Å². The molecule has 0 saturated heterocycles. The fourth-order valence-electron chi connectivity index (χ4n) is 6.66. The third-order valence-electron chi connectivity index (χ3n) is 9.17. The number of primary amides is 1. The molecule has 8 heteroatoms. The minimum absolute atomic E-state index is 0.273. The Bertz CT molecular complexity index is 2160. The molecule has 51 heavy (non-hydrogen) atoms. The zero-order valence-corrected chi connectivity index (χ0v) is 28.6. The predicted octanol–water partition coefficient (Wildman–Crippen LogP) is 8.05. The molecule has 0 aliphatic carbocycles. The number of amides is 1. The molecule has 0 atom stereocenters. The molecule has 0 aliphatic rings. The molecular weight excluding hydrogens is 633 g/mol. The van der Waals surface area contributed by atoms with E-state index in [2.05, 4.69) is 64.7 Å². The van der Waals surface area contributed by atoms with Gasteiger partial charge in [0.05, 0.1) is 5.69 Å². The number of carbonyl (C=O) groups is 1. The summed E-state index contributed by atoms with van der Waals surface area (Å²) >= 11 is 0.